The second-order valence-electron chi connectivity index (χ2n) is 7.06. The van der Waals surface area contributed by atoms with Crippen LogP contribution in [-0.4, -0.2) is 47.9 Å². The summed E-state index contributed by atoms with van der Waals surface area (Å²) in [4.78, 5) is 40.3. The number of aryl methyl sites for hydroxylation is 1. The molecule has 10 heteroatoms. The third kappa shape index (κ3) is 2.78. The minimum absolute atomic E-state index is 0.0670. The van der Waals surface area contributed by atoms with E-state index in [0.717, 1.165) is 0 Å². The quantitative estimate of drug-likeness (QED) is 0.672. The van der Waals surface area contributed by atoms with Gasteiger partial charge in [0.1, 0.15) is 17.9 Å². The van der Waals surface area contributed by atoms with Gasteiger partial charge in [-0.1, -0.05) is 18.2 Å². The van der Waals surface area contributed by atoms with Crippen molar-refractivity contribution in [3.63, 3.8) is 0 Å². The molecule has 2 aromatic rings. The molecule has 162 valence electrons. The molecule has 3 N–H and O–H groups in total. The summed E-state index contributed by atoms with van der Waals surface area (Å²) < 4.78 is 15.8. The molecule has 0 radical (unpaired) electrons. The number of nitrogens with two attached hydrogens (primary N) is 1. The normalized spacial score (nSPS) is 19.2. The van der Waals surface area contributed by atoms with Gasteiger partial charge in [-0.25, -0.2) is 9.59 Å². The number of aromatic amines is 1. The van der Waals surface area contributed by atoms with E-state index in [0.29, 0.717) is 22.5 Å². The molecule has 4 rings (SSSR count). The number of nitrogens with one attached hydrogen (secondary N) is 1. The Bertz CT molecular complexity index is 1120. The van der Waals surface area contributed by atoms with E-state index in [1.165, 1.54) is 4.90 Å². The van der Waals surface area contributed by atoms with Crippen LogP contribution in [-0.2, 0) is 29.3 Å². The number of H-pyrrole nitrogens is 1. The maximum absolute atomic E-state index is 13.4. The summed E-state index contributed by atoms with van der Waals surface area (Å²) in [5.41, 5.74) is 6.52. The van der Waals surface area contributed by atoms with Crippen LogP contribution in [0.15, 0.2) is 35.7 Å². The zero-order valence-corrected chi connectivity index (χ0v) is 17.4. The molecular formula is C21H22N4O6. The van der Waals surface area contributed by atoms with Crippen molar-refractivity contribution in [2.45, 2.75) is 26.2 Å². The van der Waals surface area contributed by atoms with Crippen molar-refractivity contribution in [2.24, 2.45) is 5.73 Å². The minimum Gasteiger partial charge on any atom is -0.465 e. The van der Waals surface area contributed by atoms with Gasteiger partial charge >= 0.3 is 17.9 Å². The molecule has 1 aromatic heterocycles. The number of para-hydroxylation sites is 1. The number of nitrogens with zero attached hydrogens (tertiary/aromatic N) is 2. The van der Waals surface area contributed by atoms with Crippen LogP contribution in [0.3, 0.4) is 0 Å². The van der Waals surface area contributed by atoms with Crippen LogP contribution in [0, 0.1) is 6.92 Å². The summed E-state index contributed by atoms with van der Waals surface area (Å²) in [6, 6.07) is 6.89. The van der Waals surface area contributed by atoms with Gasteiger partial charge in [0, 0.05) is 16.9 Å². The van der Waals surface area contributed by atoms with Crippen LogP contribution in [0.2, 0.25) is 0 Å². The minimum atomic E-state index is -1.68. The number of carbonyl (C=O) groups excluding carboxylic acids is 3. The number of fused-ring (bicyclic) bond motifs is 4. The lowest BCUT2D eigenvalue weighted by Gasteiger charge is -2.40. The lowest BCUT2D eigenvalue weighted by Crippen LogP contribution is -2.50. The van der Waals surface area contributed by atoms with Gasteiger partial charge in [0.15, 0.2) is 5.41 Å². The maximum atomic E-state index is 13.4. The van der Waals surface area contributed by atoms with Crippen molar-refractivity contribution in [1.82, 2.24) is 10.2 Å². The second kappa shape index (κ2) is 7.46. The van der Waals surface area contributed by atoms with E-state index in [-0.39, 0.29) is 37.0 Å². The summed E-state index contributed by atoms with van der Waals surface area (Å²) in [6.45, 7) is 5.08. The molecule has 0 saturated heterocycles. The number of aromatic nitrogens is 2. The van der Waals surface area contributed by atoms with Gasteiger partial charge in [-0.3, -0.25) is 9.89 Å². The van der Waals surface area contributed by atoms with E-state index in [1.54, 1.807) is 45.0 Å². The molecule has 0 saturated carbocycles. The molecule has 2 aliphatic rings. The highest BCUT2D eigenvalue weighted by molar-refractivity contribution is 6.11. The Hall–Kier alpha value is -3.82. The standard InChI is InChI=1S/C21H22N4O6/c1-4-29-14(26)10-25-13-9-7-6-8-12(13)21(16(17(25)22)19(27)30-5-2)15-11(3)23-24-18(15)31-20(21)28/h6-9H,4-5,10,22H2,1-3H3,(H,23,24). The van der Waals surface area contributed by atoms with Crippen LogP contribution in [0.1, 0.15) is 30.7 Å². The molecule has 10 nitrogen and oxygen atoms in total. The fourth-order valence-corrected chi connectivity index (χ4v) is 4.25. The Morgan fingerprint density at radius 1 is 1.23 bits per heavy atom. The topological polar surface area (TPSA) is 137 Å². The molecule has 1 spiro atoms. The summed E-state index contributed by atoms with van der Waals surface area (Å²) in [5.74, 6) is -2.04. The van der Waals surface area contributed by atoms with Gasteiger partial charge in [-0.05, 0) is 26.8 Å². The molecule has 2 aliphatic heterocycles. The maximum Gasteiger partial charge on any atom is 0.339 e. The van der Waals surface area contributed by atoms with Crippen molar-refractivity contribution in [3.05, 3.63) is 52.5 Å². The van der Waals surface area contributed by atoms with Crippen molar-refractivity contribution in [2.75, 3.05) is 24.7 Å². The van der Waals surface area contributed by atoms with E-state index < -0.39 is 23.3 Å². The highest BCUT2D eigenvalue weighted by Gasteiger charge is 2.62. The highest BCUT2D eigenvalue weighted by atomic mass is 16.6. The number of hydrogen-bond donors (Lipinski definition) is 2. The molecular weight excluding hydrogens is 404 g/mol. The predicted octanol–water partition coefficient (Wildman–Crippen LogP) is 1.04. The highest BCUT2D eigenvalue weighted by Crippen LogP contribution is 2.55. The third-order valence-electron chi connectivity index (χ3n) is 5.38. The molecule has 0 fully saturated rings. The van der Waals surface area contributed by atoms with Crippen LogP contribution in [0.5, 0.6) is 5.88 Å². The zero-order valence-electron chi connectivity index (χ0n) is 17.4. The number of hydrogen-bond acceptors (Lipinski definition) is 9. The monoisotopic (exact) mass is 426 g/mol. The summed E-state index contributed by atoms with van der Waals surface area (Å²) >= 11 is 0. The molecule has 0 bridgehead atoms. The molecule has 1 aromatic carbocycles. The SMILES string of the molecule is CCOC(=O)CN1C(N)=C(C(=O)OCC)C2(C(=O)Oc3n[nH]c(C)c32)c2ccccc21. The van der Waals surface area contributed by atoms with Crippen molar-refractivity contribution in [1.29, 1.82) is 0 Å². The number of benzene rings is 1. The van der Waals surface area contributed by atoms with E-state index >= 15 is 0 Å². The number of ether oxygens (including phenoxy) is 3. The summed E-state index contributed by atoms with van der Waals surface area (Å²) in [5, 5.41) is 6.85. The van der Waals surface area contributed by atoms with E-state index in [9.17, 15) is 14.4 Å². The van der Waals surface area contributed by atoms with Crippen LogP contribution in [0.25, 0.3) is 0 Å². The molecule has 0 aliphatic carbocycles. The first-order chi connectivity index (χ1) is 14.9. The van der Waals surface area contributed by atoms with Gasteiger partial charge in [0.2, 0.25) is 5.88 Å². The average Bonchev–Trinajstić information content (AvgIpc) is 3.23. The van der Waals surface area contributed by atoms with E-state index in [1.807, 2.05) is 0 Å². The van der Waals surface area contributed by atoms with Gasteiger partial charge in [-0.2, -0.15) is 0 Å². The van der Waals surface area contributed by atoms with Crippen LogP contribution < -0.4 is 15.4 Å². The Morgan fingerprint density at radius 2 is 1.94 bits per heavy atom. The zero-order chi connectivity index (χ0) is 22.3. The summed E-state index contributed by atoms with van der Waals surface area (Å²) in [7, 11) is 0. The number of rotatable bonds is 5. The first-order valence-electron chi connectivity index (χ1n) is 9.85. The van der Waals surface area contributed by atoms with Crippen molar-refractivity contribution < 1.29 is 28.6 Å². The molecule has 3 heterocycles. The largest absolute Gasteiger partial charge is 0.465 e. The van der Waals surface area contributed by atoms with Crippen LogP contribution >= 0.6 is 0 Å². The Balaban J connectivity index is 2.04. The fourth-order valence-electron chi connectivity index (χ4n) is 4.25. The second-order valence-corrected chi connectivity index (χ2v) is 7.06. The molecule has 1 unspecified atom stereocenters. The molecule has 31 heavy (non-hydrogen) atoms. The Kier molecular flexibility index (Phi) is 4.92. The number of esters is 3. The first-order valence-corrected chi connectivity index (χ1v) is 9.85. The number of carbonyl (C=O) groups is 3. The van der Waals surface area contributed by atoms with Gasteiger partial charge in [-0.15, -0.1) is 5.10 Å². The molecule has 0 amide bonds. The predicted molar refractivity (Wildman–Crippen MR) is 108 cm³/mol. The van der Waals surface area contributed by atoms with Crippen LogP contribution in [0.4, 0.5) is 5.69 Å². The van der Waals surface area contributed by atoms with Crippen molar-refractivity contribution >= 4 is 23.6 Å². The third-order valence-corrected chi connectivity index (χ3v) is 5.38. The Labute approximate surface area is 177 Å². The number of anilines is 1. The lowest BCUT2D eigenvalue weighted by atomic mass is 9.67. The van der Waals surface area contributed by atoms with E-state index in [4.69, 9.17) is 19.9 Å². The fraction of sp³-hybridized carbons (Fsp3) is 0.333. The lowest BCUT2D eigenvalue weighted by molar-refractivity contribution is -0.144. The van der Waals surface area contributed by atoms with Gasteiger partial charge in [0.05, 0.1) is 18.8 Å². The van der Waals surface area contributed by atoms with Gasteiger partial charge in [0.25, 0.3) is 0 Å². The smallest absolute Gasteiger partial charge is 0.339 e. The van der Waals surface area contributed by atoms with E-state index in [2.05, 4.69) is 10.2 Å². The van der Waals surface area contributed by atoms with Crippen molar-refractivity contribution in [3.8, 4) is 5.88 Å². The van der Waals surface area contributed by atoms with Gasteiger partial charge < -0.3 is 24.8 Å². The molecule has 1 atom stereocenters. The first kappa shape index (κ1) is 20.5. The Morgan fingerprint density at radius 3 is 2.65 bits per heavy atom. The average molecular weight is 426 g/mol. The summed E-state index contributed by atoms with van der Waals surface area (Å²) in [6.07, 6.45) is 0.